The topological polar surface area (TPSA) is 111 Å². The number of hydrogen-bond donors (Lipinski definition) is 0. The summed E-state index contributed by atoms with van der Waals surface area (Å²) in [7, 11) is 1.20. The van der Waals surface area contributed by atoms with Gasteiger partial charge in [-0.1, -0.05) is 361 Å². The van der Waals surface area contributed by atoms with Gasteiger partial charge in [0.05, 0.1) is 27.7 Å². The van der Waals surface area contributed by atoms with Gasteiger partial charge >= 0.3 is 11.9 Å². The zero-order chi connectivity index (χ0) is 58.4. The van der Waals surface area contributed by atoms with Crippen molar-refractivity contribution in [1.82, 2.24) is 0 Å². The lowest BCUT2D eigenvalue weighted by Gasteiger charge is -2.28. The number of phosphoric ester groups is 1. The van der Waals surface area contributed by atoms with Gasteiger partial charge in [-0.25, -0.2) is 0 Å². The maximum Gasteiger partial charge on any atom is 0.306 e. The van der Waals surface area contributed by atoms with Crippen LogP contribution in [-0.4, -0.2) is 70.0 Å². The zero-order valence-electron chi connectivity index (χ0n) is 54.6. The molecule has 0 saturated carbocycles. The van der Waals surface area contributed by atoms with Gasteiger partial charge in [0.25, 0.3) is 7.82 Å². The molecule has 0 aromatic carbocycles. The molecule has 0 radical (unpaired) electrons. The Labute approximate surface area is 499 Å². The molecule has 0 spiro atoms. The molecule has 0 aliphatic rings. The smallest absolute Gasteiger partial charge is 0.306 e. The highest BCUT2D eigenvalue weighted by atomic mass is 31.2. The number of hydrogen-bond acceptors (Lipinski definition) is 8. The first kappa shape index (κ1) is 79.0. The van der Waals surface area contributed by atoms with Crippen LogP contribution in [0.5, 0.6) is 0 Å². The Morgan fingerprint density at radius 3 is 0.800 bits per heavy atom. The molecule has 0 heterocycles. The van der Waals surface area contributed by atoms with Crippen LogP contribution in [-0.2, 0) is 32.7 Å². The van der Waals surface area contributed by atoms with Gasteiger partial charge in [0.1, 0.15) is 19.8 Å². The maximum absolute atomic E-state index is 12.9. The lowest BCUT2D eigenvalue weighted by Crippen LogP contribution is -2.37. The van der Waals surface area contributed by atoms with Gasteiger partial charge in [-0.2, -0.15) is 0 Å². The average molecular weight is 1150 g/mol. The Bertz CT molecular complexity index is 1310. The van der Waals surface area contributed by atoms with Crippen molar-refractivity contribution in [3.8, 4) is 0 Å². The second kappa shape index (κ2) is 62.5. The number of carbonyl (C=O) groups excluding carboxylic acids is 2. The third-order valence-corrected chi connectivity index (χ3v) is 17.6. The van der Waals surface area contributed by atoms with Crippen LogP contribution in [0.3, 0.4) is 0 Å². The number of carbonyl (C=O) groups is 2. The first-order chi connectivity index (χ1) is 39.0. The van der Waals surface area contributed by atoms with Crippen LogP contribution in [0.25, 0.3) is 0 Å². The molecule has 0 aliphatic carbocycles. The summed E-state index contributed by atoms with van der Waals surface area (Å²) in [5.74, 6) is -0.804. The lowest BCUT2D eigenvalue weighted by atomic mass is 10.0. The van der Waals surface area contributed by atoms with E-state index in [1.807, 2.05) is 21.1 Å². The normalized spacial score (nSPS) is 13.0. The molecule has 10 heteroatoms. The van der Waals surface area contributed by atoms with E-state index in [1.165, 1.54) is 321 Å². The largest absolute Gasteiger partial charge is 0.756 e. The molecule has 0 amide bonds. The molecule has 0 aliphatic heterocycles. The maximum atomic E-state index is 12.9. The van der Waals surface area contributed by atoms with E-state index in [0.717, 1.165) is 32.1 Å². The minimum absolute atomic E-state index is 0.0248. The molecule has 0 fully saturated rings. The van der Waals surface area contributed by atoms with E-state index < -0.39 is 26.5 Å². The monoisotopic (exact) mass is 1150 g/mol. The highest BCUT2D eigenvalue weighted by Gasteiger charge is 2.22. The van der Waals surface area contributed by atoms with Gasteiger partial charge in [0.2, 0.25) is 0 Å². The van der Waals surface area contributed by atoms with Crippen LogP contribution >= 0.6 is 7.82 Å². The van der Waals surface area contributed by atoms with Crippen molar-refractivity contribution >= 4 is 19.8 Å². The van der Waals surface area contributed by atoms with E-state index in [2.05, 4.69) is 13.8 Å². The van der Waals surface area contributed by atoms with Crippen molar-refractivity contribution in [3.63, 3.8) is 0 Å². The van der Waals surface area contributed by atoms with Crippen LogP contribution < -0.4 is 4.89 Å². The molecule has 0 N–H and O–H groups in total. The number of phosphoric acid groups is 1. The molecular weight excluding hydrogens is 1010 g/mol. The van der Waals surface area contributed by atoms with Crippen molar-refractivity contribution in [2.45, 2.75) is 392 Å². The summed E-state index contributed by atoms with van der Waals surface area (Å²) in [5.41, 5.74) is 0. The highest BCUT2D eigenvalue weighted by Crippen LogP contribution is 2.38. The van der Waals surface area contributed by atoms with Crippen LogP contribution in [0.15, 0.2) is 0 Å². The minimum Gasteiger partial charge on any atom is -0.756 e. The van der Waals surface area contributed by atoms with E-state index >= 15 is 0 Å². The highest BCUT2D eigenvalue weighted by molar-refractivity contribution is 7.45. The Hall–Kier alpha value is -0.990. The number of likely N-dealkylation sites (N-methyl/N-ethyl adjacent to an activating group) is 1. The number of ether oxygens (including phenoxy) is 2. The van der Waals surface area contributed by atoms with Crippen LogP contribution in [0.1, 0.15) is 386 Å². The van der Waals surface area contributed by atoms with Crippen LogP contribution in [0.4, 0.5) is 0 Å². The summed E-state index contributed by atoms with van der Waals surface area (Å²) in [6, 6.07) is 0. The Kier molecular flexibility index (Phi) is 61.8. The van der Waals surface area contributed by atoms with E-state index in [4.69, 9.17) is 18.5 Å². The molecular formula is C70H140NO8P. The molecule has 478 valence electrons. The SMILES string of the molecule is CCCCCCCCCCCCCCCCCCCCCCCCCCCCCCCCCCCCCC(=O)OC(COC(=O)CCCCCCCCCCCCCCCCCCCCCCC)COP(=O)([O-])OCC[N+](C)(C)C. The summed E-state index contributed by atoms with van der Waals surface area (Å²) in [6.45, 7) is 4.34. The number of nitrogens with zero attached hydrogens (tertiary/aromatic N) is 1. The number of unbranched alkanes of at least 4 members (excludes halogenated alkanes) is 54. The fraction of sp³-hybridized carbons (Fsp3) is 0.971. The first-order valence-electron chi connectivity index (χ1n) is 35.7. The second-order valence-corrected chi connectivity index (χ2v) is 27.4. The molecule has 0 aromatic heterocycles. The molecule has 0 bridgehead atoms. The van der Waals surface area contributed by atoms with Crippen LogP contribution in [0.2, 0.25) is 0 Å². The van der Waals surface area contributed by atoms with Gasteiger partial charge in [-0.05, 0) is 12.8 Å². The molecule has 2 atom stereocenters. The van der Waals surface area contributed by atoms with E-state index in [9.17, 15) is 19.0 Å². The average Bonchev–Trinajstić information content (AvgIpc) is 3.42. The molecule has 0 aromatic rings. The summed E-state index contributed by atoms with van der Waals surface area (Å²) in [5, 5.41) is 0. The van der Waals surface area contributed by atoms with E-state index in [0.29, 0.717) is 17.4 Å². The molecule has 80 heavy (non-hydrogen) atoms. The van der Waals surface area contributed by atoms with Crippen molar-refractivity contribution in [2.75, 3.05) is 47.5 Å². The molecule has 0 rings (SSSR count). The summed E-state index contributed by atoms with van der Waals surface area (Å²) < 4.78 is 34.3. The number of esters is 2. The van der Waals surface area contributed by atoms with Gasteiger partial charge in [0.15, 0.2) is 6.10 Å². The zero-order valence-corrected chi connectivity index (χ0v) is 55.5. The van der Waals surface area contributed by atoms with Crippen molar-refractivity contribution in [2.24, 2.45) is 0 Å². The lowest BCUT2D eigenvalue weighted by molar-refractivity contribution is -0.870. The van der Waals surface area contributed by atoms with Crippen molar-refractivity contribution in [3.05, 3.63) is 0 Å². The van der Waals surface area contributed by atoms with Gasteiger partial charge in [-0.3, -0.25) is 14.2 Å². The Morgan fingerprint density at radius 2 is 0.562 bits per heavy atom. The summed E-state index contributed by atoms with van der Waals surface area (Å²) in [6.07, 6.45) is 74.9. The number of rotatable bonds is 68. The van der Waals surface area contributed by atoms with Crippen molar-refractivity contribution in [1.29, 1.82) is 0 Å². The van der Waals surface area contributed by atoms with Crippen LogP contribution in [0, 0.1) is 0 Å². The summed E-state index contributed by atoms with van der Waals surface area (Å²) in [4.78, 5) is 38.0. The fourth-order valence-corrected chi connectivity index (χ4v) is 11.9. The second-order valence-electron chi connectivity index (χ2n) is 26.0. The molecule has 2 unspecified atom stereocenters. The summed E-state index contributed by atoms with van der Waals surface area (Å²) >= 11 is 0. The van der Waals surface area contributed by atoms with Gasteiger partial charge < -0.3 is 27.9 Å². The fourth-order valence-electron chi connectivity index (χ4n) is 11.1. The quantitative estimate of drug-likeness (QED) is 0.0256. The Morgan fingerprint density at radius 1 is 0.338 bits per heavy atom. The molecule has 9 nitrogen and oxygen atoms in total. The first-order valence-corrected chi connectivity index (χ1v) is 37.2. The van der Waals surface area contributed by atoms with E-state index in [1.54, 1.807) is 0 Å². The molecule has 0 saturated heterocycles. The minimum atomic E-state index is -4.63. The van der Waals surface area contributed by atoms with Gasteiger partial charge in [-0.15, -0.1) is 0 Å². The third-order valence-electron chi connectivity index (χ3n) is 16.6. The van der Waals surface area contributed by atoms with Crippen molar-refractivity contribution < 1.29 is 42.1 Å². The van der Waals surface area contributed by atoms with Gasteiger partial charge in [0, 0.05) is 12.8 Å². The predicted molar refractivity (Wildman–Crippen MR) is 342 cm³/mol. The predicted octanol–water partition coefficient (Wildman–Crippen LogP) is 22.3. The number of quaternary nitrogens is 1. The third kappa shape index (κ3) is 66.2. The standard InChI is InChI=1S/C70H140NO8P/c1-6-8-10-12-14-16-18-20-22-24-26-28-29-30-31-32-33-34-35-36-37-38-39-40-41-43-45-47-49-51-53-55-57-59-61-63-70(73)79-68(67-78-80(74,75)77-65-64-71(3,4)5)66-76-69(72)62-60-58-56-54-52-50-48-46-44-42-27-25-23-21-19-17-15-13-11-9-7-2/h68H,6-67H2,1-5H3. The Balaban J connectivity index is 3.91. The van der Waals surface area contributed by atoms with E-state index in [-0.39, 0.29) is 32.0 Å².